The van der Waals surface area contributed by atoms with Crippen LogP contribution in [0.5, 0.6) is 0 Å². The molecule has 1 aliphatic heterocycles. The maximum Gasteiger partial charge on any atom is 0.306 e. The number of hydrogen-bond acceptors (Lipinski definition) is 3. The van der Waals surface area contributed by atoms with Crippen LogP contribution in [0.3, 0.4) is 0 Å². The van der Waals surface area contributed by atoms with Crippen molar-refractivity contribution in [3.05, 3.63) is 12.3 Å². The lowest BCUT2D eigenvalue weighted by Crippen LogP contribution is -2.19. The maximum absolute atomic E-state index is 10.8. The van der Waals surface area contributed by atoms with Gasteiger partial charge in [0.2, 0.25) is 0 Å². The summed E-state index contributed by atoms with van der Waals surface area (Å²) >= 11 is 0. The Kier molecular flexibility index (Phi) is 2.95. The average molecular weight is 156 g/mol. The van der Waals surface area contributed by atoms with Gasteiger partial charge in [-0.25, -0.2) is 0 Å². The Hall–Kier alpha value is -0.990. The zero-order valence-corrected chi connectivity index (χ0v) is 6.58. The molecule has 0 aromatic carbocycles. The lowest BCUT2D eigenvalue weighted by atomic mass is 10.2. The molecule has 0 saturated carbocycles. The molecule has 0 saturated heterocycles. The van der Waals surface area contributed by atoms with E-state index in [-0.39, 0.29) is 12.1 Å². The molecule has 1 heterocycles. The molecule has 11 heavy (non-hydrogen) atoms. The molecule has 62 valence electrons. The smallest absolute Gasteiger partial charge is 0.306 e. The first-order valence-electron chi connectivity index (χ1n) is 3.80. The zero-order chi connectivity index (χ0) is 8.10. The summed E-state index contributed by atoms with van der Waals surface area (Å²) in [7, 11) is 0. The van der Waals surface area contributed by atoms with Gasteiger partial charge in [-0.1, -0.05) is 6.92 Å². The predicted molar refractivity (Wildman–Crippen MR) is 39.9 cm³/mol. The van der Waals surface area contributed by atoms with Crippen LogP contribution in [-0.2, 0) is 14.3 Å². The van der Waals surface area contributed by atoms with Crippen molar-refractivity contribution in [1.29, 1.82) is 0 Å². The highest BCUT2D eigenvalue weighted by atomic mass is 16.5. The van der Waals surface area contributed by atoms with E-state index < -0.39 is 0 Å². The molecule has 0 aliphatic carbocycles. The van der Waals surface area contributed by atoms with Crippen molar-refractivity contribution >= 4 is 5.97 Å². The van der Waals surface area contributed by atoms with Crippen molar-refractivity contribution in [2.45, 2.75) is 25.9 Å². The third-order valence-corrected chi connectivity index (χ3v) is 1.48. The van der Waals surface area contributed by atoms with Crippen molar-refractivity contribution in [3.8, 4) is 0 Å². The molecule has 0 aromatic heterocycles. The van der Waals surface area contributed by atoms with Crippen LogP contribution in [0.25, 0.3) is 0 Å². The summed E-state index contributed by atoms with van der Waals surface area (Å²) in [5.41, 5.74) is 0. The number of esters is 1. The summed E-state index contributed by atoms with van der Waals surface area (Å²) in [6.45, 7) is 2.42. The van der Waals surface area contributed by atoms with Crippen molar-refractivity contribution < 1.29 is 14.3 Å². The second-order valence-electron chi connectivity index (χ2n) is 2.37. The lowest BCUT2D eigenvalue weighted by molar-refractivity contribution is -0.147. The van der Waals surface area contributed by atoms with Crippen LogP contribution in [0.15, 0.2) is 12.3 Å². The van der Waals surface area contributed by atoms with Gasteiger partial charge in [-0.2, -0.15) is 0 Å². The van der Waals surface area contributed by atoms with Crippen molar-refractivity contribution in [1.82, 2.24) is 0 Å². The second kappa shape index (κ2) is 4.01. The van der Waals surface area contributed by atoms with E-state index in [1.54, 1.807) is 19.3 Å². The van der Waals surface area contributed by atoms with E-state index in [0.717, 1.165) is 6.42 Å². The summed E-state index contributed by atoms with van der Waals surface area (Å²) in [6, 6.07) is 0. The fourth-order valence-corrected chi connectivity index (χ4v) is 0.842. The van der Waals surface area contributed by atoms with Gasteiger partial charge in [-0.15, -0.1) is 0 Å². The number of hydrogen-bond donors (Lipinski definition) is 0. The largest absolute Gasteiger partial charge is 0.501 e. The van der Waals surface area contributed by atoms with Gasteiger partial charge < -0.3 is 9.47 Å². The van der Waals surface area contributed by atoms with Crippen molar-refractivity contribution in [3.63, 3.8) is 0 Å². The summed E-state index contributed by atoms with van der Waals surface area (Å²) in [5, 5.41) is 0. The van der Waals surface area contributed by atoms with E-state index in [9.17, 15) is 4.79 Å². The van der Waals surface area contributed by atoms with Crippen LogP contribution in [-0.4, -0.2) is 18.7 Å². The normalized spacial score (nSPS) is 22.5. The molecule has 1 rings (SSSR count). The Morgan fingerprint density at radius 2 is 2.64 bits per heavy atom. The highest BCUT2D eigenvalue weighted by molar-refractivity contribution is 5.69. The minimum Gasteiger partial charge on any atom is -0.501 e. The first kappa shape index (κ1) is 8.11. The molecule has 0 spiro atoms. The van der Waals surface area contributed by atoms with E-state index in [4.69, 9.17) is 9.47 Å². The summed E-state index contributed by atoms with van der Waals surface area (Å²) in [5.74, 6) is -0.151. The van der Waals surface area contributed by atoms with Gasteiger partial charge in [0.15, 0.2) is 0 Å². The summed E-state index contributed by atoms with van der Waals surface area (Å²) < 4.78 is 9.98. The third kappa shape index (κ3) is 2.62. The minimum absolute atomic E-state index is 0.0730. The van der Waals surface area contributed by atoms with Gasteiger partial charge >= 0.3 is 5.97 Å². The first-order chi connectivity index (χ1) is 5.33. The van der Waals surface area contributed by atoms with Gasteiger partial charge in [0, 0.05) is 12.8 Å². The van der Waals surface area contributed by atoms with Crippen LogP contribution in [0.1, 0.15) is 19.8 Å². The molecule has 1 aliphatic rings. The summed E-state index contributed by atoms with van der Waals surface area (Å²) in [4.78, 5) is 10.8. The molecule has 0 aromatic rings. The Morgan fingerprint density at radius 1 is 1.82 bits per heavy atom. The van der Waals surface area contributed by atoms with E-state index >= 15 is 0 Å². The van der Waals surface area contributed by atoms with Gasteiger partial charge in [-0.05, 0) is 6.08 Å². The van der Waals surface area contributed by atoms with Crippen LogP contribution in [0.4, 0.5) is 0 Å². The van der Waals surface area contributed by atoms with Gasteiger partial charge in [0.05, 0.1) is 12.9 Å². The van der Waals surface area contributed by atoms with Crippen LogP contribution in [0.2, 0.25) is 0 Å². The first-order valence-corrected chi connectivity index (χ1v) is 3.80. The molecule has 3 nitrogen and oxygen atoms in total. The van der Waals surface area contributed by atoms with Crippen molar-refractivity contribution in [2.75, 3.05) is 6.61 Å². The van der Waals surface area contributed by atoms with E-state index in [1.165, 1.54) is 0 Å². The predicted octanol–water partition coefficient (Wildman–Crippen LogP) is 1.24. The molecular weight excluding hydrogens is 144 g/mol. The Balaban J connectivity index is 2.30. The third-order valence-electron chi connectivity index (χ3n) is 1.48. The number of carbonyl (C=O) groups is 1. The Bertz CT molecular complexity index is 163. The molecule has 0 N–H and O–H groups in total. The van der Waals surface area contributed by atoms with Crippen LogP contribution >= 0.6 is 0 Å². The minimum atomic E-state index is -0.151. The van der Waals surface area contributed by atoms with Crippen LogP contribution in [0, 0.1) is 0 Å². The number of carbonyl (C=O) groups excluding carboxylic acids is 1. The van der Waals surface area contributed by atoms with E-state index in [0.29, 0.717) is 13.0 Å². The molecule has 3 heteroatoms. The van der Waals surface area contributed by atoms with Gasteiger partial charge in [0.25, 0.3) is 0 Å². The van der Waals surface area contributed by atoms with Gasteiger partial charge in [-0.3, -0.25) is 4.79 Å². The molecule has 0 radical (unpaired) electrons. The zero-order valence-electron chi connectivity index (χ0n) is 6.58. The lowest BCUT2D eigenvalue weighted by Gasteiger charge is -2.16. The molecule has 1 atom stereocenters. The standard InChI is InChI=1S/C8H12O3/c1-2-8(9)11-7-3-5-10-6-4-7/h3,5,7H,2,4,6H2,1H3/t7-/m0/s1. The fourth-order valence-electron chi connectivity index (χ4n) is 0.842. The summed E-state index contributed by atoms with van der Waals surface area (Å²) in [6.07, 6.45) is 4.47. The van der Waals surface area contributed by atoms with E-state index in [1.807, 2.05) is 0 Å². The molecule has 0 amide bonds. The highest BCUT2D eigenvalue weighted by Gasteiger charge is 2.12. The Morgan fingerprint density at radius 3 is 3.18 bits per heavy atom. The molecular formula is C8H12O3. The monoisotopic (exact) mass is 156 g/mol. The SMILES string of the molecule is CCC(=O)O[C@H]1C=COCC1. The van der Waals surface area contributed by atoms with E-state index in [2.05, 4.69) is 0 Å². The number of rotatable bonds is 2. The van der Waals surface area contributed by atoms with Crippen LogP contribution < -0.4 is 0 Å². The fraction of sp³-hybridized carbons (Fsp3) is 0.625. The number of ether oxygens (including phenoxy) is 2. The van der Waals surface area contributed by atoms with Crippen molar-refractivity contribution in [2.24, 2.45) is 0 Å². The quantitative estimate of drug-likeness (QED) is 0.564. The second-order valence-corrected chi connectivity index (χ2v) is 2.37. The highest BCUT2D eigenvalue weighted by Crippen LogP contribution is 2.07. The maximum atomic E-state index is 10.8. The molecule has 0 unspecified atom stereocenters. The molecule has 0 bridgehead atoms. The Labute approximate surface area is 66.0 Å². The topological polar surface area (TPSA) is 35.5 Å². The average Bonchev–Trinajstić information content (AvgIpc) is 2.06. The molecule has 0 fully saturated rings. The van der Waals surface area contributed by atoms with Gasteiger partial charge in [0.1, 0.15) is 6.10 Å².